The van der Waals surface area contributed by atoms with Crippen LogP contribution in [-0.2, 0) is 56.3 Å². The van der Waals surface area contributed by atoms with Crippen LogP contribution in [0.2, 0.25) is 0 Å². The van der Waals surface area contributed by atoms with Crippen molar-refractivity contribution in [2.75, 3.05) is 0 Å². The van der Waals surface area contributed by atoms with Gasteiger partial charge in [-0.05, 0) is 215 Å². The van der Waals surface area contributed by atoms with Crippen molar-refractivity contribution >= 4 is 32.7 Å². The van der Waals surface area contributed by atoms with Gasteiger partial charge in [-0.2, -0.15) is 13.7 Å². The number of fused-ring (bicyclic) bond motifs is 15. The van der Waals surface area contributed by atoms with Crippen molar-refractivity contribution in [2.45, 2.75) is 132 Å². The molecule has 16 aromatic rings. The van der Waals surface area contributed by atoms with E-state index in [4.69, 9.17) is 23.2 Å². The summed E-state index contributed by atoms with van der Waals surface area (Å²) in [5.74, 6) is 0.655. The predicted octanol–water partition coefficient (Wildman–Crippen LogP) is 23.4. The number of rotatable bonds is 7. The molecule has 0 aliphatic heterocycles. The van der Waals surface area contributed by atoms with Gasteiger partial charge in [0.15, 0.2) is 6.20 Å². The first-order valence-corrected chi connectivity index (χ1v) is 40.3. The van der Waals surface area contributed by atoms with E-state index in [1.165, 1.54) is 168 Å². The molecule has 0 saturated carbocycles. The van der Waals surface area contributed by atoms with E-state index in [1.54, 1.807) is 18.2 Å². The molecule has 0 bridgehead atoms. The van der Waals surface area contributed by atoms with Crippen molar-refractivity contribution in [2.24, 2.45) is 34.1 Å². The summed E-state index contributed by atoms with van der Waals surface area (Å²) in [7, 11) is 8.49. The second-order valence-corrected chi connectivity index (χ2v) is 34.2. The molecular formula is C107H104N8+4. The third kappa shape index (κ3) is 12.8. The van der Waals surface area contributed by atoms with Crippen LogP contribution < -0.4 is 18.3 Å². The van der Waals surface area contributed by atoms with Gasteiger partial charge in [0.2, 0.25) is 39.3 Å². The lowest BCUT2D eigenvalue weighted by Gasteiger charge is -2.21. The third-order valence-electron chi connectivity index (χ3n) is 25.2. The van der Waals surface area contributed by atoms with Crippen LogP contribution in [0.1, 0.15) is 156 Å². The third-order valence-corrected chi connectivity index (χ3v) is 25.2. The van der Waals surface area contributed by atoms with Gasteiger partial charge in [-0.3, -0.25) is 19.9 Å². The lowest BCUT2D eigenvalue weighted by molar-refractivity contribution is -0.660. The van der Waals surface area contributed by atoms with Gasteiger partial charge in [0, 0.05) is 164 Å². The van der Waals surface area contributed by atoms with Crippen molar-refractivity contribution in [3.63, 3.8) is 0 Å². The monoisotopic (exact) mass is 1510 g/mol. The van der Waals surface area contributed by atoms with Gasteiger partial charge in [0.05, 0.1) is 22.8 Å². The summed E-state index contributed by atoms with van der Waals surface area (Å²) in [6.45, 7) is 23.4. The SMILES string of the molecule is Cc1cc2c(cc1-c1cc(-c3ccccc3)cc[n+]1C)C(C)(C)c1ncccc1-2.Cc1cc2c(cc1-c1ccc3c(C)cccc3[n+]1C)-c1cccnc1C2(C)C.Cc1cc2c(cc1-c1ccc3ccc(CC(C)C)cc3[n+]1C)-c1cccnc1C2(C)C.[2H]C([2H])([2H])C1(C([2H])([2H])[2H])c2cc(C)c(-c3ccc4ccccc4[n+]3C)cc2-c2cccnc21. The summed E-state index contributed by atoms with van der Waals surface area (Å²) in [6.07, 6.45) is 10.5. The van der Waals surface area contributed by atoms with E-state index < -0.39 is 19.1 Å². The fraction of sp³-hybridized carbons (Fsp3) is 0.234. The number of hydrogen-bond donors (Lipinski definition) is 0. The summed E-state index contributed by atoms with van der Waals surface area (Å²) in [5, 5.41) is 3.71. The summed E-state index contributed by atoms with van der Waals surface area (Å²) >= 11 is 0. The molecule has 0 saturated heterocycles. The first kappa shape index (κ1) is 68.3. The number of benzene rings is 8. The maximum Gasteiger partial charge on any atom is 0.213 e. The van der Waals surface area contributed by atoms with Gasteiger partial charge in [-0.1, -0.05) is 178 Å². The van der Waals surface area contributed by atoms with Crippen LogP contribution in [0.25, 0.3) is 133 Å². The fourth-order valence-corrected chi connectivity index (χ4v) is 18.9. The quantitative estimate of drug-likeness (QED) is 0.149. The zero-order valence-electron chi connectivity index (χ0n) is 75.3. The number of nitrogens with zero attached hydrogens (tertiary/aromatic N) is 8. The highest BCUT2D eigenvalue weighted by molar-refractivity contribution is 5.90. The molecule has 115 heavy (non-hydrogen) atoms. The first-order chi connectivity index (χ1) is 57.6. The molecule has 8 heteroatoms. The van der Waals surface area contributed by atoms with Gasteiger partial charge in [-0.15, -0.1) is 0 Å². The van der Waals surface area contributed by atoms with E-state index in [0.717, 1.165) is 34.1 Å². The zero-order valence-corrected chi connectivity index (χ0v) is 69.3. The van der Waals surface area contributed by atoms with Crippen LogP contribution in [0.15, 0.2) is 268 Å². The molecule has 0 radical (unpaired) electrons. The molecule has 4 aliphatic carbocycles. The minimum absolute atomic E-state index is 0.0576. The minimum Gasteiger partial charge on any atom is -0.260 e. The maximum atomic E-state index is 8.34. The Morgan fingerprint density at radius 2 is 0.722 bits per heavy atom. The molecule has 8 aromatic heterocycles. The Morgan fingerprint density at radius 1 is 0.313 bits per heavy atom. The molecule has 0 atom stereocenters. The molecule has 0 amide bonds. The van der Waals surface area contributed by atoms with Crippen molar-refractivity contribution in [3.8, 4) is 101 Å². The van der Waals surface area contributed by atoms with Crippen molar-refractivity contribution in [1.29, 1.82) is 0 Å². The Kier molecular flexibility index (Phi) is 17.0. The Balaban J connectivity index is 0.000000115. The van der Waals surface area contributed by atoms with E-state index in [2.05, 4.69) is 316 Å². The van der Waals surface area contributed by atoms with E-state index in [9.17, 15) is 0 Å². The van der Waals surface area contributed by atoms with Crippen LogP contribution in [0.5, 0.6) is 0 Å². The summed E-state index contributed by atoms with van der Waals surface area (Å²) < 4.78 is 59.0. The Hall–Kier alpha value is -12.3. The Bertz CT molecular complexity index is 6900. The maximum absolute atomic E-state index is 8.34. The van der Waals surface area contributed by atoms with Gasteiger partial charge in [-0.25, -0.2) is 4.57 Å². The molecule has 0 fully saturated rings. The van der Waals surface area contributed by atoms with E-state index >= 15 is 0 Å². The van der Waals surface area contributed by atoms with E-state index in [1.807, 2.05) is 69.0 Å². The van der Waals surface area contributed by atoms with Gasteiger partial charge >= 0.3 is 0 Å². The second-order valence-electron chi connectivity index (χ2n) is 34.2. The molecule has 20 rings (SSSR count). The Morgan fingerprint density at radius 3 is 1.23 bits per heavy atom. The molecule has 8 heterocycles. The smallest absolute Gasteiger partial charge is 0.213 e. The largest absolute Gasteiger partial charge is 0.260 e. The molecule has 0 unspecified atom stereocenters. The zero-order chi connectivity index (χ0) is 85.5. The molecule has 8 aromatic carbocycles. The van der Waals surface area contributed by atoms with E-state index in [-0.39, 0.29) is 21.9 Å². The van der Waals surface area contributed by atoms with Crippen LogP contribution in [0.4, 0.5) is 0 Å². The molecule has 0 spiro atoms. The second kappa shape index (κ2) is 28.7. The van der Waals surface area contributed by atoms with E-state index in [0.29, 0.717) is 22.6 Å². The standard InChI is InChI=1S/C29H31N2.C27H25N2.C26H25N2.C25H23N2/c1-18(2)14-20-9-10-21-11-12-26(31(6)27(21)16-20)23-17-24-22-8-7-13-30-28(22)29(4,5)25(24)15-19(23)3;1-18-15-23-21-11-8-13-28-26(21)27(2,3)24(23)17-22(18)25-16-20(12-14-29(25)4)19-9-6-5-7-10-19;1-16-8-6-10-23-18(16)11-12-24(28(23)5)20-15-21-19-9-7-13-27-25(19)26(3,4)22(21)14-17(20)2;1-16-14-21-20(18-9-7-13-26-24(18)25(21,2)3)15-19(16)23-12-11-17-8-5-6-10-22(17)27(23)4/h7-13,15-18H,14H2,1-6H3;5-17H,1-4H3;6-15H,1-5H3;5-15H,1-4H3/q4*+1/i;;;2D3,3D3. The number of hydrogen-bond acceptors (Lipinski definition) is 4. The van der Waals surface area contributed by atoms with Crippen molar-refractivity contribution in [3.05, 3.63) is 346 Å². The highest BCUT2D eigenvalue weighted by atomic mass is 15.0. The molecule has 568 valence electrons. The topological polar surface area (TPSA) is 67.1 Å². The number of aryl methyl sites for hydroxylation is 9. The normalized spacial score (nSPS) is 15.1. The average Bonchev–Trinajstić information content (AvgIpc) is 1.53. The number of pyridine rings is 8. The lowest BCUT2D eigenvalue weighted by Crippen LogP contribution is -2.32. The minimum atomic E-state index is -2.81. The highest BCUT2D eigenvalue weighted by Crippen LogP contribution is 2.54. The summed E-state index contributed by atoms with van der Waals surface area (Å²) in [4.78, 5) is 18.5. The lowest BCUT2D eigenvalue weighted by atomic mass is 9.83. The summed E-state index contributed by atoms with van der Waals surface area (Å²) in [5.41, 5.74) is 37.6. The fourth-order valence-electron chi connectivity index (χ4n) is 18.9. The van der Waals surface area contributed by atoms with Crippen molar-refractivity contribution in [1.82, 2.24) is 19.9 Å². The van der Waals surface area contributed by atoms with Crippen LogP contribution >= 0.6 is 0 Å². The Labute approximate surface area is 687 Å². The van der Waals surface area contributed by atoms with Crippen molar-refractivity contribution < 1.29 is 26.5 Å². The number of para-hydroxylation sites is 1. The first-order valence-electron chi connectivity index (χ1n) is 43.3. The highest BCUT2D eigenvalue weighted by Gasteiger charge is 2.42. The molecule has 0 N–H and O–H groups in total. The van der Waals surface area contributed by atoms with Crippen LogP contribution in [0, 0.1) is 40.5 Å². The van der Waals surface area contributed by atoms with Crippen LogP contribution in [-0.4, -0.2) is 19.9 Å². The summed E-state index contributed by atoms with van der Waals surface area (Å²) in [6, 6.07) is 83.8. The van der Waals surface area contributed by atoms with Gasteiger partial charge < -0.3 is 0 Å². The predicted molar refractivity (Wildman–Crippen MR) is 474 cm³/mol. The number of aromatic nitrogens is 8. The van der Waals surface area contributed by atoms with Gasteiger partial charge in [0.25, 0.3) is 0 Å². The molecule has 4 aliphatic rings. The van der Waals surface area contributed by atoms with Gasteiger partial charge in [0.1, 0.15) is 28.2 Å². The molecule has 8 nitrogen and oxygen atoms in total. The average molecular weight is 1510 g/mol. The van der Waals surface area contributed by atoms with Crippen LogP contribution in [0.3, 0.4) is 0 Å². The molecular weight excluding hydrogens is 1400 g/mol.